The first-order valence-electron chi connectivity index (χ1n) is 6.09. The monoisotopic (exact) mass is 268 g/mol. The predicted molar refractivity (Wildman–Crippen MR) is 65.9 cm³/mol. The molecule has 0 bridgehead atoms. The zero-order valence-electron chi connectivity index (χ0n) is 10.5. The van der Waals surface area contributed by atoms with Crippen molar-refractivity contribution in [3.8, 4) is 0 Å². The van der Waals surface area contributed by atoms with Crippen molar-refractivity contribution in [2.45, 2.75) is 32.7 Å². The Morgan fingerprint density at radius 2 is 2.05 bits per heavy atom. The first-order valence-corrected chi connectivity index (χ1v) is 6.09. The highest BCUT2D eigenvalue weighted by molar-refractivity contribution is 5.76. The van der Waals surface area contributed by atoms with Gasteiger partial charge in [-0.3, -0.25) is 4.79 Å². The molecule has 0 aliphatic heterocycles. The first-order chi connectivity index (χ1) is 9.02. The number of fused-ring (bicyclic) bond motifs is 1. The van der Waals surface area contributed by atoms with Gasteiger partial charge in [-0.05, 0) is 6.42 Å². The van der Waals surface area contributed by atoms with E-state index in [1.807, 2.05) is 6.92 Å². The summed E-state index contributed by atoms with van der Waals surface area (Å²) in [5, 5.41) is 8.63. The summed E-state index contributed by atoms with van der Waals surface area (Å²) in [6.07, 6.45) is 1.07. The topological polar surface area (TPSA) is 55.1 Å². The minimum Gasteiger partial charge on any atom is -0.481 e. The molecule has 0 fully saturated rings. The van der Waals surface area contributed by atoms with E-state index in [2.05, 4.69) is 4.98 Å². The lowest BCUT2D eigenvalue weighted by Crippen LogP contribution is -2.05. The van der Waals surface area contributed by atoms with Gasteiger partial charge in [0.25, 0.3) is 0 Å². The Labute approximate surface area is 108 Å². The largest absolute Gasteiger partial charge is 0.481 e. The van der Waals surface area contributed by atoms with Gasteiger partial charge in [0.1, 0.15) is 5.82 Å². The van der Waals surface area contributed by atoms with Gasteiger partial charge in [-0.1, -0.05) is 6.92 Å². The normalized spacial score (nSPS) is 11.1. The maximum absolute atomic E-state index is 13.3. The number of hydrogen-bond donors (Lipinski definition) is 1. The van der Waals surface area contributed by atoms with E-state index in [1.165, 1.54) is 0 Å². The van der Waals surface area contributed by atoms with Crippen molar-refractivity contribution in [1.29, 1.82) is 0 Å². The Balaban J connectivity index is 2.39. The zero-order valence-corrected chi connectivity index (χ0v) is 10.5. The Bertz CT molecular complexity index is 623. The van der Waals surface area contributed by atoms with Gasteiger partial charge in [-0.2, -0.15) is 0 Å². The SMILES string of the molecule is CCc1nc2cc(F)c(F)cc2n1CCCC(=O)O. The molecule has 0 amide bonds. The second-order valence-electron chi connectivity index (χ2n) is 4.29. The van der Waals surface area contributed by atoms with Crippen LogP contribution in [0.25, 0.3) is 11.0 Å². The summed E-state index contributed by atoms with van der Waals surface area (Å²) in [6.45, 7) is 2.32. The third kappa shape index (κ3) is 2.72. The van der Waals surface area contributed by atoms with Crippen LogP contribution in [0.1, 0.15) is 25.6 Å². The minimum absolute atomic E-state index is 0.0342. The van der Waals surface area contributed by atoms with Crippen LogP contribution in [0.5, 0.6) is 0 Å². The minimum atomic E-state index is -0.926. The van der Waals surface area contributed by atoms with Crippen molar-refractivity contribution in [2.24, 2.45) is 0 Å². The third-order valence-electron chi connectivity index (χ3n) is 2.96. The van der Waals surface area contributed by atoms with Crippen molar-refractivity contribution in [2.75, 3.05) is 0 Å². The van der Waals surface area contributed by atoms with E-state index in [4.69, 9.17) is 5.11 Å². The molecule has 0 radical (unpaired) electrons. The molecule has 102 valence electrons. The maximum Gasteiger partial charge on any atom is 0.303 e. The predicted octanol–water partition coefficient (Wildman–Crippen LogP) is 2.74. The molecule has 0 saturated heterocycles. The van der Waals surface area contributed by atoms with Gasteiger partial charge in [0.2, 0.25) is 0 Å². The van der Waals surface area contributed by atoms with Crippen molar-refractivity contribution >= 4 is 17.0 Å². The number of rotatable bonds is 5. The number of imidazole rings is 1. The van der Waals surface area contributed by atoms with Crippen LogP contribution >= 0.6 is 0 Å². The average Bonchev–Trinajstić information content (AvgIpc) is 2.67. The summed E-state index contributed by atoms with van der Waals surface area (Å²) in [5.74, 6) is -2.02. The molecule has 0 aliphatic carbocycles. The van der Waals surface area contributed by atoms with Gasteiger partial charge in [0.15, 0.2) is 11.6 Å². The number of carboxylic acids is 1. The van der Waals surface area contributed by atoms with Crippen molar-refractivity contribution in [3.63, 3.8) is 0 Å². The molecule has 19 heavy (non-hydrogen) atoms. The summed E-state index contributed by atoms with van der Waals surface area (Å²) in [5.41, 5.74) is 0.896. The summed E-state index contributed by atoms with van der Waals surface area (Å²) in [6, 6.07) is 2.18. The number of aliphatic carboxylic acids is 1. The third-order valence-corrected chi connectivity index (χ3v) is 2.96. The summed E-state index contributed by atoms with van der Waals surface area (Å²) >= 11 is 0. The van der Waals surface area contributed by atoms with Crippen LogP contribution in [-0.2, 0) is 17.8 Å². The van der Waals surface area contributed by atoms with E-state index in [9.17, 15) is 13.6 Å². The van der Waals surface area contributed by atoms with Gasteiger partial charge < -0.3 is 9.67 Å². The second-order valence-corrected chi connectivity index (χ2v) is 4.29. The molecule has 4 nitrogen and oxygen atoms in total. The molecule has 0 spiro atoms. The molecule has 1 aromatic heterocycles. The molecular weight excluding hydrogens is 254 g/mol. The quantitative estimate of drug-likeness (QED) is 0.907. The molecule has 0 unspecified atom stereocenters. The summed E-state index contributed by atoms with van der Waals surface area (Å²) in [7, 11) is 0. The molecule has 1 heterocycles. The number of aromatic nitrogens is 2. The number of nitrogens with zero attached hydrogens (tertiary/aromatic N) is 2. The number of hydrogen-bond acceptors (Lipinski definition) is 2. The standard InChI is InChI=1S/C13H14F2N2O2/c1-2-12-16-10-6-8(14)9(15)7-11(10)17(12)5-3-4-13(18)19/h6-7H,2-5H2,1H3,(H,18,19). The fourth-order valence-corrected chi connectivity index (χ4v) is 2.08. The number of benzene rings is 1. The second kappa shape index (κ2) is 5.34. The fourth-order valence-electron chi connectivity index (χ4n) is 2.08. The van der Waals surface area contributed by atoms with Gasteiger partial charge in [-0.15, -0.1) is 0 Å². The molecule has 1 N–H and O–H groups in total. The Morgan fingerprint density at radius 3 is 2.68 bits per heavy atom. The number of aryl methyl sites for hydroxylation is 2. The molecule has 0 saturated carbocycles. The number of halogens is 2. The average molecular weight is 268 g/mol. The van der Waals surface area contributed by atoms with Crippen LogP contribution in [0.2, 0.25) is 0 Å². The molecule has 0 atom stereocenters. The van der Waals surface area contributed by atoms with Crippen LogP contribution in [0.3, 0.4) is 0 Å². The van der Waals surface area contributed by atoms with E-state index in [0.29, 0.717) is 36.2 Å². The van der Waals surface area contributed by atoms with Crippen LogP contribution in [-0.4, -0.2) is 20.6 Å². The Morgan fingerprint density at radius 1 is 1.37 bits per heavy atom. The van der Waals surface area contributed by atoms with E-state index in [1.54, 1.807) is 4.57 Å². The maximum atomic E-state index is 13.3. The van der Waals surface area contributed by atoms with Crippen molar-refractivity contribution < 1.29 is 18.7 Å². The molecular formula is C13H14F2N2O2. The molecule has 1 aromatic carbocycles. The van der Waals surface area contributed by atoms with E-state index < -0.39 is 17.6 Å². The first kappa shape index (κ1) is 13.5. The lowest BCUT2D eigenvalue weighted by atomic mass is 10.2. The highest BCUT2D eigenvalue weighted by Crippen LogP contribution is 2.21. The molecule has 2 aromatic rings. The van der Waals surface area contributed by atoms with E-state index in [0.717, 1.165) is 12.1 Å². The Hall–Kier alpha value is -1.98. The molecule has 0 aliphatic rings. The smallest absolute Gasteiger partial charge is 0.303 e. The van der Waals surface area contributed by atoms with Gasteiger partial charge >= 0.3 is 5.97 Å². The molecule has 6 heteroatoms. The van der Waals surface area contributed by atoms with Crippen LogP contribution in [0.4, 0.5) is 8.78 Å². The van der Waals surface area contributed by atoms with Gasteiger partial charge in [-0.25, -0.2) is 13.8 Å². The fraction of sp³-hybridized carbons (Fsp3) is 0.385. The number of carboxylic acid groups (broad SMARTS) is 1. The van der Waals surface area contributed by atoms with Crippen molar-refractivity contribution in [3.05, 3.63) is 29.6 Å². The van der Waals surface area contributed by atoms with Crippen LogP contribution < -0.4 is 0 Å². The molecule has 2 rings (SSSR count). The lowest BCUT2D eigenvalue weighted by molar-refractivity contribution is -0.137. The van der Waals surface area contributed by atoms with E-state index >= 15 is 0 Å². The van der Waals surface area contributed by atoms with Crippen molar-refractivity contribution in [1.82, 2.24) is 9.55 Å². The summed E-state index contributed by atoms with van der Waals surface area (Å²) < 4.78 is 28.2. The number of carbonyl (C=O) groups is 1. The van der Waals surface area contributed by atoms with Crippen LogP contribution in [0, 0.1) is 11.6 Å². The van der Waals surface area contributed by atoms with Gasteiger partial charge in [0, 0.05) is 31.5 Å². The van der Waals surface area contributed by atoms with Gasteiger partial charge in [0.05, 0.1) is 11.0 Å². The lowest BCUT2D eigenvalue weighted by Gasteiger charge is -2.07. The highest BCUT2D eigenvalue weighted by atomic mass is 19.2. The van der Waals surface area contributed by atoms with Crippen LogP contribution in [0.15, 0.2) is 12.1 Å². The van der Waals surface area contributed by atoms with E-state index in [-0.39, 0.29) is 6.42 Å². The zero-order chi connectivity index (χ0) is 14.0. The highest BCUT2D eigenvalue weighted by Gasteiger charge is 2.13. The Kier molecular flexibility index (Phi) is 3.78. The summed E-state index contributed by atoms with van der Waals surface area (Å²) in [4.78, 5) is 14.7.